The van der Waals surface area contributed by atoms with Crippen LogP contribution in [0, 0.1) is 11.8 Å². The number of amides is 2. The fourth-order valence-electron chi connectivity index (χ4n) is 2.58. The Morgan fingerprint density at radius 3 is 2.76 bits per heavy atom. The highest BCUT2D eigenvalue weighted by molar-refractivity contribution is 5.89. The van der Waals surface area contributed by atoms with Crippen LogP contribution in [0.3, 0.4) is 0 Å². The van der Waals surface area contributed by atoms with E-state index in [-0.39, 0.29) is 12.5 Å². The number of likely N-dealkylation sites (tertiary alicyclic amines) is 1. The van der Waals surface area contributed by atoms with Gasteiger partial charge in [0, 0.05) is 18.8 Å². The van der Waals surface area contributed by atoms with Crippen LogP contribution in [0.5, 0.6) is 0 Å². The number of carbonyl (C=O) groups is 2. The Kier molecular flexibility index (Phi) is 4.83. The van der Waals surface area contributed by atoms with Crippen LogP contribution < -0.4 is 5.32 Å². The summed E-state index contributed by atoms with van der Waals surface area (Å²) in [5.74, 6) is 0.271. The van der Waals surface area contributed by atoms with E-state index in [1.807, 2.05) is 4.90 Å². The van der Waals surface area contributed by atoms with Gasteiger partial charge in [-0.1, -0.05) is 26.0 Å². The first-order chi connectivity index (χ1) is 9.95. The van der Waals surface area contributed by atoms with Crippen molar-refractivity contribution in [2.24, 2.45) is 11.8 Å². The summed E-state index contributed by atoms with van der Waals surface area (Å²) in [5.41, 5.74) is 1.32. The lowest BCUT2D eigenvalue weighted by Crippen LogP contribution is -2.44. The highest BCUT2D eigenvalue weighted by Gasteiger charge is 2.25. The summed E-state index contributed by atoms with van der Waals surface area (Å²) in [7, 11) is 0. The van der Waals surface area contributed by atoms with Gasteiger partial charge in [-0.3, -0.25) is 4.79 Å². The Labute approximate surface area is 125 Å². The summed E-state index contributed by atoms with van der Waals surface area (Å²) < 4.78 is 0. The normalized spacial score (nSPS) is 21.9. The summed E-state index contributed by atoms with van der Waals surface area (Å²) in [6.07, 6.45) is 0.982. The number of hydrogen-bond donors (Lipinski definition) is 2. The van der Waals surface area contributed by atoms with Gasteiger partial charge in [-0.15, -0.1) is 0 Å². The van der Waals surface area contributed by atoms with Crippen LogP contribution in [0.2, 0.25) is 0 Å². The first kappa shape index (κ1) is 15.4. The lowest BCUT2D eigenvalue weighted by atomic mass is 9.89. The smallest absolute Gasteiger partial charge is 0.321 e. The van der Waals surface area contributed by atoms with Gasteiger partial charge in [-0.2, -0.15) is 0 Å². The molecule has 1 aliphatic heterocycles. The quantitative estimate of drug-likeness (QED) is 0.899. The van der Waals surface area contributed by atoms with E-state index in [2.05, 4.69) is 19.2 Å². The van der Waals surface area contributed by atoms with Crippen LogP contribution in [0.1, 0.15) is 25.8 Å². The molecule has 114 valence electrons. The number of piperidine rings is 1. The number of hydrogen-bond acceptors (Lipinski definition) is 2. The van der Waals surface area contributed by atoms with E-state index in [1.54, 1.807) is 24.3 Å². The number of benzene rings is 1. The number of rotatable bonds is 3. The predicted octanol–water partition coefficient (Wildman–Crippen LogP) is 2.82. The Hall–Kier alpha value is -2.04. The third-order valence-electron chi connectivity index (χ3n) is 4.15. The van der Waals surface area contributed by atoms with Crippen molar-refractivity contribution in [1.29, 1.82) is 0 Å². The minimum atomic E-state index is -0.877. The molecule has 1 aromatic rings. The van der Waals surface area contributed by atoms with Crippen LogP contribution in [0.4, 0.5) is 10.5 Å². The van der Waals surface area contributed by atoms with Gasteiger partial charge in [0.05, 0.1) is 6.42 Å². The molecule has 2 rings (SSSR count). The fraction of sp³-hybridized carbons (Fsp3) is 0.500. The number of aliphatic carboxylic acids is 1. The molecule has 1 aliphatic rings. The molecular weight excluding hydrogens is 268 g/mol. The van der Waals surface area contributed by atoms with Crippen molar-refractivity contribution in [2.75, 3.05) is 18.4 Å². The molecule has 5 heteroatoms. The predicted molar refractivity (Wildman–Crippen MR) is 81.3 cm³/mol. The highest BCUT2D eigenvalue weighted by atomic mass is 16.4. The molecule has 0 saturated carbocycles. The first-order valence-electron chi connectivity index (χ1n) is 7.32. The summed E-state index contributed by atoms with van der Waals surface area (Å²) in [6.45, 7) is 5.92. The topological polar surface area (TPSA) is 69.6 Å². The third-order valence-corrected chi connectivity index (χ3v) is 4.15. The van der Waals surface area contributed by atoms with E-state index < -0.39 is 5.97 Å². The number of carbonyl (C=O) groups excluding carboxylic acids is 1. The molecule has 2 amide bonds. The number of carboxylic acids is 1. The lowest BCUT2D eigenvalue weighted by Gasteiger charge is -2.35. The molecule has 0 radical (unpaired) electrons. The van der Waals surface area contributed by atoms with Crippen molar-refractivity contribution in [3.8, 4) is 0 Å². The maximum Gasteiger partial charge on any atom is 0.321 e. The van der Waals surface area contributed by atoms with E-state index in [1.165, 1.54) is 0 Å². The van der Waals surface area contributed by atoms with Gasteiger partial charge in [0.15, 0.2) is 0 Å². The van der Waals surface area contributed by atoms with Crippen LogP contribution in [0.15, 0.2) is 24.3 Å². The van der Waals surface area contributed by atoms with Crippen LogP contribution >= 0.6 is 0 Å². The molecule has 1 aromatic carbocycles. The van der Waals surface area contributed by atoms with Crippen molar-refractivity contribution >= 4 is 17.7 Å². The van der Waals surface area contributed by atoms with E-state index >= 15 is 0 Å². The second-order valence-corrected chi connectivity index (χ2v) is 5.89. The molecule has 0 aliphatic carbocycles. The Bertz CT molecular complexity index is 530. The largest absolute Gasteiger partial charge is 0.481 e. The lowest BCUT2D eigenvalue weighted by molar-refractivity contribution is -0.136. The SMILES string of the molecule is CC1CCN(C(=O)Nc2cccc(CC(=O)O)c2)CC1C. The summed E-state index contributed by atoms with van der Waals surface area (Å²) in [5, 5.41) is 11.7. The molecule has 21 heavy (non-hydrogen) atoms. The zero-order valence-corrected chi connectivity index (χ0v) is 12.5. The summed E-state index contributed by atoms with van der Waals surface area (Å²) >= 11 is 0. The molecule has 0 aromatic heterocycles. The standard InChI is InChI=1S/C16H22N2O3/c1-11-6-7-18(10-12(11)2)16(21)17-14-5-3-4-13(8-14)9-15(19)20/h3-5,8,11-12H,6-7,9-10H2,1-2H3,(H,17,21)(H,19,20). The monoisotopic (exact) mass is 290 g/mol. The molecule has 0 bridgehead atoms. The Morgan fingerprint density at radius 2 is 2.10 bits per heavy atom. The zero-order chi connectivity index (χ0) is 15.4. The average molecular weight is 290 g/mol. The number of urea groups is 1. The molecule has 1 heterocycles. The van der Waals surface area contributed by atoms with Crippen molar-refractivity contribution in [3.05, 3.63) is 29.8 Å². The molecule has 1 fully saturated rings. The highest BCUT2D eigenvalue weighted by Crippen LogP contribution is 2.23. The second kappa shape index (κ2) is 6.61. The second-order valence-electron chi connectivity index (χ2n) is 5.89. The van der Waals surface area contributed by atoms with E-state index in [0.29, 0.717) is 23.1 Å². The number of nitrogens with one attached hydrogen (secondary N) is 1. The molecular formula is C16H22N2O3. The van der Waals surface area contributed by atoms with Gasteiger partial charge < -0.3 is 15.3 Å². The molecule has 2 unspecified atom stereocenters. The van der Waals surface area contributed by atoms with E-state index in [0.717, 1.165) is 19.5 Å². The van der Waals surface area contributed by atoms with Gasteiger partial charge >= 0.3 is 12.0 Å². The molecule has 5 nitrogen and oxygen atoms in total. The Balaban J connectivity index is 1.98. The number of nitrogens with zero attached hydrogens (tertiary/aromatic N) is 1. The van der Waals surface area contributed by atoms with Gasteiger partial charge in [0.1, 0.15) is 0 Å². The molecule has 2 atom stereocenters. The Morgan fingerprint density at radius 1 is 1.33 bits per heavy atom. The fourth-order valence-corrected chi connectivity index (χ4v) is 2.58. The van der Waals surface area contributed by atoms with Crippen LogP contribution in [0.25, 0.3) is 0 Å². The zero-order valence-electron chi connectivity index (χ0n) is 12.5. The van der Waals surface area contributed by atoms with Crippen molar-refractivity contribution < 1.29 is 14.7 Å². The molecule has 2 N–H and O–H groups in total. The van der Waals surface area contributed by atoms with Gasteiger partial charge in [-0.05, 0) is 36.0 Å². The maximum atomic E-state index is 12.3. The summed E-state index contributed by atoms with van der Waals surface area (Å²) in [6, 6.07) is 6.88. The van der Waals surface area contributed by atoms with Crippen LogP contribution in [-0.2, 0) is 11.2 Å². The van der Waals surface area contributed by atoms with E-state index in [4.69, 9.17) is 5.11 Å². The number of anilines is 1. The maximum absolute atomic E-state index is 12.3. The molecule has 0 spiro atoms. The van der Waals surface area contributed by atoms with Crippen LogP contribution in [-0.4, -0.2) is 35.1 Å². The minimum Gasteiger partial charge on any atom is -0.481 e. The average Bonchev–Trinajstić information content (AvgIpc) is 2.41. The van der Waals surface area contributed by atoms with Gasteiger partial charge in [0.25, 0.3) is 0 Å². The van der Waals surface area contributed by atoms with E-state index in [9.17, 15) is 9.59 Å². The third kappa shape index (κ3) is 4.21. The van der Waals surface area contributed by atoms with Crippen molar-refractivity contribution in [2.45, 2.75) is 26.7 Å². The van der Waals surface area contributed by atoms with Crippen molar-refractivity contribution in [3.63, 3.8) is 0 Å². The number of carboxylic acid groups (broad SMARTS) is 1. The van der Waals surface area contributed by atoms with Gasteiger partial charge in [0.2, 0.25) is 0 Å². The molecule has 1 saturated heterocycles. The first-order valence-corrected chi connectivity index (χ1v) is 7.32. The van der Waals surface area contributed by atoms with Crippen molar-refractivity contribution in [1.82, 2.24) is 4.90 Å². The summed E-state index contributed by atoms with van der Waals surface area (Å²) in [4.78, 5) is 24.8. The minimum absolute atomic E-state index is 0.0397. The van der Waals surface area contributed by atoms with Gasteiger partial charge in [-0.25, -0.2) is 4.79 Å².